The smallest absolute Gasteiger partial charge is 0.0640 e. The van der Waals surface area contributed by atoms with E-state index >= 15 is 0 Å². The van der Waals surface area contributed by atoms with Crippen LogP contribution in [-0.2, 0) is 6.42 Å². The van der Waals surface area contributed by atoms with Crippen LogP contribution in [0.2, 0.25) is 0 Å². The van der Waals surface area contributed by atoms with E-state index in [0.29, 0.717) is 0 Å². The van der Waals surface area contributed by atoms with Gasteiger partial charge in [0.1, 0.15) is 0 Å². The standard InChI is InChI=1S/C15H12BrN/c1-2-6-11-7-5-9-13-12-8-3-4-10-14(12)17(16)15(11)13/h2-5,7-10H,1,6H2. The van der Waals surface area contributed by atoms with Gasteiger partial charge in [0, 0.05) is 10.8 Å². The van der Waals surface area contributed by atoms with E-state index in [4.69, 9.17) is 0 Å². The maximum atomic E-state index is 3.82. The van der Waals surface area contributed by atoms with Crippen molar-refractivity contribution in [2.45, 2.75) is 6.42 Å². The molecular formula is C15H12BrN. The molecule has 0 aliphatic rings. The Hall–Kier alpha value is -1.54. The largest absolute Gasteiger partial charge is 0.275 e. The van der Waals surface area contributed by atoms with Crippen molar-refractivity contribution in [2.24, 2.45) is 0 Å². The molecule has 0 aliphatic carbocycles. The van der Waals surface area contributed by atoms with Crippen molar-refractivity contribution in [3.63, 3.8) is 0 Å². The molecule has 3 aromatic rings. The maximum Gasteiger partial charge on any atom is 0.0640 e. The lowest BCUT2D eigenvalue weighted by Crippen LogP contribution is -1.86. The molecule has 0 atom stereocenters. The molecule has 0 bridgehead atoms. The SMILES string of the molecule is C=CCc1cccc2c3ccccc3n(Br)c12. The highest BCUT2D eigenvalue weighted by Crippen LogP contribution is 2.32. The van der Waals surface area contributed by atoms with Crippen molar-refractivity contribution in [1.29, 1.82) is 0 Å². The van der Waals surface area contributed by atoms with Gasteiger partial charge < -0.3 is 0 Å². The lowest BCUT2D eigenvalue weighted by molar-refractivity contribution is 1.28. The summed E-state index contributed by atoms with van der Waals surface area (Å²) < 4.78 is 2.09. The number of allylic oxidation sites excluding steroid dienone is 1. The molecule has 0 unspecified atom stereocenters. The van der Waals surface area contributed by atoms with Crippen molar-refractivity contribution in [2.75, 3.05) is 0 Å². The molecule has 0 fully saturated rings. The number of rotatable bonds is 2. The van der Waals surface area contributed by atoms with Gasteiger partial charge in [-0.3, -0.25) is 3.59 Å². The van der Waals surface area contributed by atoms with Crippen LogP contribution in [0.5, 0.6) is 0 Å². The Morgan fingerprint density at radius 2 is 1.82 bits per heavy atom. The molecule has 0 amide bonds. The lowest BCUT2D eigenvalue weighted by atomic mass is 10.1. The van der Waals surface area contributed by atoms with Crippen molar-refractivity contribution in [3.8, 4) is 0 Å². The molecule has 1 aromatic heterocycles. The third-order valence-electron chi connectivity index (χ3n) is 3.09. The Balaban J connectivity index is 2.52. The van der Waals surface area contributed by atoms with Gasteiger partial charge in [-0.05, 0) is 18.1 Å². The van der Waals surface area contributed by atoms with Crippen LogP contribution < -0.4 is 0 Å². The fourth-order valence-electron chi connectivity index (χ4n) is 2.35. The second kappa shape index (κ2) is 4.04. The van der Waals surface area contributed by atoms with E-state index in [9.17, 15) is 0 Å². The summed E-state index contributed by atoms with van der Waals surface area (Å²) in [6.45, 7) is 3.82. The number of nitrogens with zero attached hydrogens (tertiary/aromatic N) is 1. The third-order valence-corrected chi connectivity index (χ3v) is 3.82. The monoisotopic (exact) mass is 285 g/mol. The molecule has 3 rings (SSSR count). The Kier molecular flexibility index (Phi) is 2.52. The topological polar surface area (TPSA) is 4.93 Å². The molecular weight excluding hydrogens is 274 g/mol. The fraction of sp³-hybridized carbons (Fsp3) is 0.0667. The Labute approximate surface area is 109 Å². The summed E-state index contributed by atoms with van der Waals surface area (Å²) in [5.41, 5.74) is 3.75. The highest BCUT2D eigenvalue weighted by molar-refractivity contribution is 9.08. The summed E-state index contributed by atoms with van der Waals surface area (Å²) in [6.07, 6.45) is 2.83. The first-order chi connectivity index (χ1) is 8.33. The average Bonchev–Trinajstić information content (AvgIpc) is 2.66. The minimum absolute atomic E-state index is 0.888. The van der Waals surface area contributed by atoms with Crippen molar-refractivity contribution < 1.29 is 0 Å². The molecule has 84 valence electrons. The molecule has 0 saturated carbocycles. The number of hydrogen-bond donors (Lipinski definition) is 0. The van der Waals surface area contributed by atoms with Gasteiger partial charge in [-0.15, -0.1) is 6.58 Å². The zero-order chi connectivity index (χ0) is 11.8. The Bertz CT molecular complexity index is 709. The molecule has 2 heteroatoms. The fourth-order valence-corrected chi connectivity index (χ4v) is 3.08. The van der Waals surface area contributed by atoms with Gasteiger partial charge in [0.15, 0.2) is 0 Å². The van der Waals surface area contributed by atoms with E-state index in [1.54, 1.807) is 0 Å². The van der Waals surface area contributed by atoms with E-state index in [1.165, 1.54) is 27.4 Å². The number of aromatic nitrogens is 1. The highest BCUT2D eigenvalue weighted by atomic mass is 79.9. The predicted octanol–water partition coefficient (Wildman–Crippen LogP) is 4.68. The van der Waals surface area contributed by atoms with Crippen LogP contribution in [-0.4, -0.2) is 3.59 Å². The molecule has 0 aliphatic heterocycles. The minimum atomic E-state index is 0.888. The summed E-state index contributed by atoms with van der Waals surface area (Å²) in [5, 5.41) is 2.57. The molecule has 0 N–H and O–H groups in total. The van der Waals surface area contributed by atoms with Gasteiger partial charge in [-0.25, -0.2) is 0 Å². The minimum Gasteiger partial charge on any atom is -0.275 e. The quantitative estimate of drug-likeness (QED) is 0.603. The van der Waals surface area contributed by atoms with Gasteiger partial charge in [-0.1, -0.05) is 42.5 Å². The molecule has 1 heterocycles. The van der Waals surface area contributed by atoms with Crippen LogP contribution in [0.15, 0.2) is 55.1 Å². The summed E-state index contributed by atoms with van der Waals surface area (Å²) in [6, 6.07) is 14.9. The molecule has 0 spiro atoms. The first-order valence-corrected chi connectivity index (χ1v) is 6.32. The van der Waals surface area contributed by atoms with Crippen molar-refractivity contribution in [1.82, 2.24) is 3.59 Å². The van der Waals surface area contributed by atoms with Gasteiger partial charge in [0.2, 0.25) is 0 Å². The first kappa shape index (κ1) is 10.6. The van der Waals surface area contributed by atoms with Gasteiger partial charge in [0.05, 0.1) is 27.2 Å². The second-order valence-electron chi connectivity index (χ2n) is 4.10. The van der Waals surface area contributed by atoms with Crippen LogP contribution in [0.1, 0.15) is 5.56 Å². The van der Waals surface area contributed by atoms with E-state index in [-0.39, 0.29) is 0 Å². The molecule has 17 heavy (non-hydrogen) atoms. The Morgan fingerprint density at radius 1 is 1.06 bits per heavy atom. The molecule has 0 saturated heterocycles. The Morgan fingerprint density at radius 3 is 2.65 bits per heavy atom. The van der Waals surface area contributed by atoms with Crippen LogP contribution in [0.4, 0.5) is 0 Å². The van der Waals surface area contributed by atoms with E-state index < -0.39 is 0 Å². The molecule has 0 radical (unpaired) electrons. The zero-order valence-electron chi connectivity index (χ0n) is 9.36. The summed E-state index contributed by atoms with van der Waals surface area (Å²) >= 11 is 3.66. The number of para-hydroxylation sites is 2. The third kappa shape index (κ3) is 1.52. The van der Waals surface area contributed by atoms with Gasteiger partial charge in [-0.2, -0.15) is 0 Å². The first-order valence-electron chi connectivity index (χ1n) is 5.61. The molecule has 1 nitrogen and oxygen atoms in total. The van der Waals surface area contributed by atoms with Crippen LogP contribution >= 0.6 is 16.1 Å². The number of benzene rings is 2. The average molecular weight is 286 g/mol. The van der Waals surface area contributed by atoms with E-state index in [0.717, 1.165) is 6.42 Å². The normalized spacial score (nSPS) is 11.1. The number of fused-ring (bicyclic) bond motifs is 3. The van der Waals surface area contributed by atoms with Crippen LogP contribution in [0, 0.1) is 0 Å². The second-order valence-corrected chi connectivity index (χ2v) is 4.81. The summed E-state index contributed by atoms with van der Waals surface area (Å²) in [4.78, 5) is 0. The van der Waals surface area contributed by atoms with Gasteiger partial charge >= 0.3 is 0 Å². The maximum absolute atomic E-state index is 3.82. The van der Waals surface area contributed by atoms with Crippen molar-refractivity contribution >= 4 is 38.0 Å². The summed E-state index contributed by atoms with van der Waals surface area (Å²) in [5.74, 6) is 0. The predicted molar refractivity (Wildman–Crippen MR) is 77.7 cm³/mol. The highest BCUT2D eigenvalue weighted by Gasteiger charge is 2.10. The van der Waals surface area contributed by atoms with Crippen molar-refractivity contribution in [3.05, 3.63) is 60.7 Å². The number of hydrogen-bond acceptors (Lipinski definition) is 0. The van der Waals surface area contributed by atoms with Crippen LogP contribution in [0.25, 0.3) is 21.8 Å². The zero-order valence-corrected chi connectivity index (χ0v) is 10.9. The number of halogens is 1. The van der Waals surface area contributed by atoms with E-state index in [1.807, 2.05) is 6.08 Å². The lowest BCUT2D eigenvalue weighted by Gasteiger charge is -2.01. The summed E-state index contributed by atoms with van der Waals surface area (Å²) in [7, 11) is 0. The van der Waals surface area contributed by atoms with Crippen LogP contribution in [0.3, 0.4) is 0 Å². The molecule has 2 aromatic carbocycles. The van der Waals surface area contributed by atoms with E-state index in [2.05, 4.69) is 68.8 Å². The van der Waals surface area contributed by atoms with Gasteiger partial charge in [0.25, 0.3) is 0 Å².